The van der Waals surface area contributed by atoms with Crippen molar-refractivity contribution in [3.05, 3.63) is 28.5 Å². The van der Waals surface area contributed by atoms with Crippen LogP contribution in [0.5, 0.6) is 0 Å². The van der Waals surface area contributed by atoms with E-state index in [1.54, 1.807) is 0 Å². The van der Waals surface area contributed by atoms with Gasteiger partial charge in [-0.25, -0.2) is 0 Å². The van der Waals surface area contributed by atoms with E-state index in [0.29, 0.717) is 0 Å². The molecule has 1 aromatic heterocycles. The fourth-order valence-corrected chi connectivity index (χ4v) is 3.89. The summed E-state index contributed by atoms with van der Waals surface area (Å²) >= 11 is 3.50. The average molecular weight is 295 g/mol. The summed E-state index contributed by atoms with van der Waals surface area (Å²) in [6.45, 7) is 2.36. The van der Waals surface area contributed by atoms with Gasteiger partial charge >= 0.3 is 0 Å². The lowest BCUT2D eigenvalue weighted by molar-refractivity contribution is 0.176. The Morgan fingerprint density at radius 1 is 1.24 bits per heavy atom. The molecule has 1 saturated carbocycles. The standard InChI is InChI=1S/C14H19BrN2/c15-13-7-11(8-16-9-13)10-17-6-5-12-3-1-2-4-14(12)17/h7-9,12,14H,1-6,10H2. The molecule has 0 radical (unpaired) electrons. The van der Waals surface area contributed by atoms with E-state index < -0.39 is 0 Å². The highest BCUT2D eigenvalue weighted by molar-refractivity contribution is 9.10. The summed E-state index contributed by atoms with van der Waals surface area (Å²) in [6.07, 6.45) is 11.0. The molecule has 17 heavy (non-hydrogen) atoms. The number of pyridine rings is 1. The van der Waals surface area contributed by atoms with E-state index in [1.807, 2.05) is 12.4 Å². The summed E-state index contributed by atoms with van der Waals surface area (Å²) < 4.78 is 1.09. The third kappa shape index (κ3) is 2.55. The van der Waals surface area contributed by atoms with Crippen LogP contribution in [0.1, 0.15) is 37.7 Å². The Morgan fingerprint density at radius 3 is 3.00 bits per heavy atom. The van der Waals surface area contributed by atoms with Gasteiger partial charge in [0.25, 0.3) is 0 Å². The smallest absolute Gasteiger partial charge is 0.0410 e. The van der Waals surface area contributed by atoms with Gasteiger partial charge in [-0.2, -0.15) is 0 Å². The van der Waals surface area contributed by atoms with Gasteiger partial charge in [-0.1, -0.05) is 12.8 Å². The second kappa shape index (κ2) is 5.07. The van der Waals surface area contributed by atoms with E-state index in [1.165, 1.54) is 44.2 Å². The van der Waals surface area contributed by atoms with Crippen molar-refractivity contribution in [2.45, 2.75) is 44.7 Å². The highest BCUT2D eigenvalue weighted by Crippen LogP contribution is 2.36. The van der Waals surface area contributed by atoms with Crippen LogP contribution in [-0.4, -0.2) is 22.5 Å². The first-order valence-corrected chi connectivity index (χ1v) is 7.46. The highest BCUT2D eigenvalue weighted by atomic mass is 79.9. The van der Waals surface area contributed by atoms with Crippen molar-refractivity contribution in [1.29, 1.82) is 0 Å². The molecule has 0 bridgehead atoms. The molecule has 3 heteroatoms. The molecule has 2 aliphatic rings. The van der Waals surface area contributed by atoms with Crippen molar-refractivity contribution in [3.8, 4) is 0 Å². The molecule has 3 rings (SSSR count). The lowest BCUT2D eigenvalue weighted by atomic mass is 9.85. The molecule has 2 nitrogen and oxygen atoms in total. The van der Waals surface area contributed by atoms with Gasteiger partial charge in [-0.15, -0.1) is 0 Å². The Balaban J connectivity index is 1.69. The van der Waals surface area contributed by atoms with Crippen LogP contribution in [0.3, 0.4) is 0 Å². The van der Waals surface area contributed by atoms with Crippen molar-refractivity contribution in [3.63, 3.8) is 0 Å². The van der Waals surface area contributed by atoms with Crippen LogP contribution in [0.2, 0.25) is 0 Å². The van der Waals surface area contributed by atoms with Gasteiger partial charge in [-0.05, 0) is 59.3 Å². The molecular weight excluding hydrogens is 276 g/mol. The molecule has 2 heterocycles. The van der Waals surface area contributed by atoms with Gasteiger partial charge in [0.2, 0.25) is 0 Å². The van der Waals surface area contributed by atoms with Gasteiger partial charge in [0.15, 0.2) is 0 Å². The third-order valence-corrected chi connectivity index (χ3v) is 4.71. The molecule has 1 aromatic rings. The SMILES string of the molecule is Brc1cncc(CN2CCC3CCCCC32)c1. The summed E-state index contributed by atoms with van der Waals surface area (Å²) in [4.78, 5) is 6.93. The van der Waals surface area contributed by atoms with Gasteiger partial charge in [0.05, 0.1) is 0 Å². The molecule has 0 amide bonds. The van der Waals surface area contributed by atoms with Crippen molar-refractivity contribution in [2.75, 3.05) is 6.54 Å². The fraction of sp³-hybridized carbons (Fsp3) is 0.643. The quantitative estimate of drug-likeness (QED) is 0.828. The van der Waals surface area contributed by atoms with E-state index in [4.69, 9.17) is 0 Å². The Morgan fingerprint density at radius 2 is 2.12 bits per heavy atom. The number of fused-ring (bicyclic) bond motifs is 1. The lowest BCUT2D eigenvalue weighted by Crippen LogP contribution is -2.34. The molecule has 0 aromatic carbocycles. The molecule has 1 aliphatic heterocycles. The van der Waals surface area contributed by atoms with Crippen LogP contribution < -0.4 is 0 Å². The van der Waals surface area contributed by atoms with Gasteiger partial charge in [0, 0.05) is 29.5 Å². The van der Waals surface area contributed by atoms with E-state index in [0.717, 1.165) is 23.0 Å². The first-order chi connectivity index (χ1) is 8.33. The number of aromatic nitrogens is 1. The van der Waals surface area contributed by atoms with E-state index in [9.17, 15) is 0 Å². The van der Waals surface area contributed by atoms with Crippen LogP contribution in [0.4, 0.5) is 0 Å². The zero-order chi connectivity index (χ0) is 11.7. The maximum absolute atomic E-state index is 4.26. The summed E-state index contributed by atoms with van der Waals surface area (Å²) in [5, 5.41) is 0. The predicted molar refractivity (Wildman–Crippen MR) is 72.7 cm³/mol. The number of halogens is 1. The Labute approximate surface area is 112 Å². The first kappa shape index (κ1) is 11.7. The highest BCUT2D eigenvalue weighted by Gasteiger charge is 2.35. The minimum absolute atomic E-state index is 0.850. The number of likely N-dealkylation sites (tertiary alicyclic amines) is 1. The second-order valence-corrected chi connectivity index (χ2v) is 6.30. The van der Waals surface area contributed by atoms with Crippen LogP contribution in [0.25, 0.3) is 0 Å². The Bertz CT molecular complexity index is 394. The number of hydrogen-bond acceptors (Lipinski definition) is 2. The summed E-state index contributed by atoms with van der Waals surface area (Å²) in [7, 11) is 0. The minimum Gasteiger partial charge on any atom is -0.296 e. The summed E-state index contributed by atoms with van der Waals surface area (Å²) in [5.74, 6) is 0.976. The summed E-state index contributed by atoms with van der Waals surface area (Å²) in [5.41, 5.74) is 1.34. The van der Waals surface area contributed by atoms with Gasteiger partial charge < -0.3 is 0 Å². The predicted octanol–water partition coefficient (Wildman–Crippen LogP) is 3.61. The first-order valence-electron chi connectivity index (χ1n) is 6.66. The monoisotopic (exact) mass is 294 g/mol. The molecule has 2 fully saturated rings. The molecule has 0 N–H and O–H groups in total. The van der Waals surface area contributed by atoms with Gasteiger partial charge in [-0.3, -0.25) is 9.88 Å². The van der Waals surface area contributed by atoms with E-state index >= 15 is 0 Å². The van der Waals surface area contributed by atoms with Crippen molar-refractivity contribution >= 4 is 15.9 Å². The molecule has 92 valence electrons. The van der Waals surface area contributed by atoms with Crippen LogP contribution in [0, 0.1) is 5.92 Å². The number of hydrogen-bond donors (Lipinski definition) is 0. The third-order valence-electron chi connectivity index (χ3n) is 4.27. The normalized spacial score (nSPS) is 29.2. The molecular formula is C14H19BrN2. The lowest BCUT2D eigenvalue weighted by Gasteiger charge is -2.31. The second-order valence-electron chi connectivity index (χ2n) is 5.38. The number of rotatable bonds is 2. The molecule has 1 aliphatic carbocycles. The van der Waals surface area contributed by atoms with Crippen LogP contribution >= 0.6 is 15.9 Å². The zero-order valence-corrected chi connectivity index (χ0v) is 11.7. The molecule has 2 unspecified atom stereocenters. The van der Waals surface area contributed by atoms with Crippen LogP contribution in [0.15, 0.2) is 22.9 Å². The summed E-state index contributed by atoms with van der Waals surface area (Å²) in [6, 6.07) is 3.05. The van der Waals surface area contributed by atoms with Crippen LogP contribution in [-0.2, 0) is 6.54 Å². The average Bonchev–Trinajstić information content (AvgIpc) is 2.73. The largest absolute Gasteiger partial charge is 0.296 e. The van der Waals surface area contributed by atoms with E-state index in [2.05, 4.69) is 31.9 Å². The molecule has 2 atom stereocenters. The minimum atomic E-state index is 0.850. The van der Waals surface area contributed by atoms with Crippen molar-refractivity contribution in [1.82, 2.24) is 9.88 Å². The zero-order valence-electron chi connectivity index (χ0n) is 10.1. The van der Waals surface area contributed by atoms with Crippen molar-refractivity contribution in [2.24, 2.45) is 5.92 Å². The number of nitrogens with zero attached hydrogens (tertiary/aromatic N) is 2. The van der Waals surface area contributed by atoms with Crippen molar-refractivity contribution < 1.29 is 0 Å². The van der Waals surface area contributed by atoms with Gasteiger partial charge in [0.1, 0.15) is 0 Å². The maximum Gasteiger partial charge on any atom is 0.0410 e. The Hall–Kier alpha value is -0.410. The molecule has 1 saturated heterocycles. The Kier molecular flexibility index (Phi) is 3.48. The maximum atomic E-state index is 4.26. The fourth-order valence-electron chi connectivity index (χ4n) is 3.48. The van der Waals surface area contributed by atoms with E-state index in [-0.39, 0.29) is 0 Å². The molecule has 0 spiro atoms. The topological polar surface area (TPSA) is 16.1 Å².